The van der Waals surface area contributed by atoms with Crippen molar-refractivity contribution in [2.75, 3.05) is 0 Å². The minimum Gasteiger partial charge on any atom is -0.393 e. The fraction of sp³-hybridized carbons (Fsp3) is 0.625. The molecule has 18 heavy (non-hydrogen) atoms. The molecular weight excluding hydrogens is 244 g/mol. The smallest absolute Gasteiger partial charge is 0.0597 e. The number of aliphatic hydroxyl groups is 1. The van der Waals surface area contributed by atoms with Crippen molar-refractivity contribution in [3.63, 3.8) is 0 Å². The summed E-state index contributed by atoms with van der Waals surface area (Å²) in [7, 11) is 0. The predicted molar refractivity (Wildman–Crippen MR) is 77.0 cm³/mol. The van der Waals surface area contributed by atoms with Crippen LogP contribution < -0.4 is 0 Å². The van der Waals surface area contributed by atoms with Gasteiger partial charge in [-0.2, -0.15) is 0 Å². The van der Waals surface area contributed by atoms with Gasteiger partial charge >= 0.3 is 0 Å². The van der Waals surface area contributed by atoms with Crippen LogP contribution in [0, 0.1) is 11.8 Å². The van der Waals surface area contributed by atoms with Gasteiger partial charge in [0, 0.05) is 10.4 Å². The molecule has 0 aliphatic heterocycles. The van der Waals surface area contributed by atoms with E-state index in [0.717, 1.165) is 5.02 Å². The van der Waals surface area contributed by atoms with Crippen molar-refractivity contribution in [2.24, 2.45) is 11.8 Å². The van der Waals surface area contributed by atoms with E-state index in [0.29, 0.717) is 11.8 Å². The van der Waals surface area contributed by atoms with E-state index in [-0.39, 0.29) is 11.5 Å². The van der Waals surface area contributed by atoms with Crippen LogP contribution in [0.1, 0.15) is 45.6 Å². The molecule has 0 aromatic heterocycles. The molecule has 0 radical (unpaired) electrons. The summed E-state index contributed by atoms with van der Waals surface area (Å²) in [4.78, 5) is 0. The lowest BCUT2D eigenvalue weighted by Crippen LogP contribution is -2.47. The first-order valence-corrected chi connectivity index (χ1v) is 7.29. The largest absolute Gasteiger partial charge is 0.393 e. The Morgan fingerprint density at radius 1 is 1.11 bits per heavy atom. The predicted octanol–water partition coefficient (Wildman–Crippen LogP) is 4.41. The molecule has 0 bridgehead atoms. The van der Waals surface area contributed by atoms with Gasteiger partial charge in [0.2, 0.25) is 0 Å². The van der Waals surface area contributed by atoms with Crippen LogP contribution in [0.3, 0.4) is 0 Å². The molecule has 1 N–H and O–H groups in total. The van der Waals surface area contributed by atoms with Gasteiger partial charge in [0.1, 0.15) is 0 Å². The van der Waals surface area contributed by atoms with Crippen LogP contribution in [-0.2, 0) is 5.41 Å². The van der Waals surface area contributed by atoms with E-state index in [1.807, 2.05) is 12.1 Å². The Bertz CT molecular complexity index is 392. The van der Waals surface area contributed by atoms with Crippen molar-refractivity contribution in [1.29, 1.82) is 0 Å². The third kappa shape index (κ3) is 2.31. The molecule has 100 valence electrons. The highest BCUT2D eigenvalue weighted by Gasteiger charge is 2.46. The molecule has 1 saturated carbocycles. The third-order valence-corrected chi connectivity index (χ3v) is 4.98. The lowest BCUT2D eigenvalue weighted by atomic mass is 9.56. The van der Waals surface area contributed by atoms with Gasteiger partial charge in [-0.15, -0.1) is 0 Å². The number of hydrogen-bond acceptors (Lipinski definition) is 1. The maximum atomic E-state index is 10.4. The molecule has 0 saturated heterocycles. The standard InChI is InChI=1S/C16H23ClO/c1-11(2)15(18)12(3)16(9-4-10-16)13-5-7-14(17)8-6-13/h5-8,11-12,15,18H,4,9-10H2,1-3H3. The van der Waals surface area contributed by atoms with Crippen molar-refractivity contribution in [3.8, 4) is 0 Å². The normalized spacial score (nSPS) is 21.4. The second kappa shape index (κ2) is 5.22. The Morgan fingerprint density at radius 3 is 2.06 bits per heavy atom. The van der Waals surface area contributed by atoms with Crippen LogP contribution >= 0.6 is 11.6 Å². The molecule has 0 spiro atoms. The Labute approximate surface area is 115 Å². The van der Waals surface area contributed by atoms with Crippen LogP contribution in [0.5, 0.6) is 0 Å². The fourth-order valence-corrected chi connectivity index (χ4v) is 3.38. The quantitative estimate of drug-likeness (QED) is 0.856. The van der Waals surface area contributed by atoms with Crippen LogP contribution in [0.2, 0.25) is 5.02 Å². The van der Waals surface area contributed by atoms with E-state index in [1.165, 1.54) is 24.8 Å². The minimum absolute atomic E-state index is 0.161. The lowest BCUT2D eigenvalue weighted by molar-refractivity contribution is 0.00134. The number of aliphatic hydroxyl groups excluding tert-OH is 1. The van der Waals surface area contributed by atoms with Gasteiger partial charge in [0.05, 0.1) is 6.10 Å². The summed E-state index contributed by atoms with van der Waals surface area (Å²) in [6.07, 6.45) is 3.39. The molecule has 1 aromatic rings. The van der Waals surface area contributed by atoms with Gasteiger partial charge < -0.3 is 5.11 Å². The molecule has 2 heteroatoms. The van der Waals surface area contributed by atoms with Crippen molar-refractivity contribution in [3.05, 3.63) is 34.9 Å². The summed E-state index contributed by atoms with van der Waals surface area (Å²) in [6.45, 7) is 6.38. The molecule has 2 rings (SSSR count). The lowest BCUT2D eigenvalue weighted by Gasteiger charge is -2.49. The minimum atomic E-state index is -0.235. The van der Waals surface area contributed by atoms with Crippen molar-refractivity contribution < 1.29 is 5.11 Å². The molecule has 2 unspecified atom stereocenters. The molecule has 1 aliphatic carbocycles. The molecular formula is C16H23ClO. The van der Waals surface area contributed by atoms with Crippen molar-refractivity contribution in [1.82, 2.24) is 0 Å². The van der Waals surface area contributed by atoms with E-state index in [1.54, 1.807) is 0 Å². The van der Waals surface area contributed by atoms with Gasteiger partial charge in [-0.3, -0.25) is 0 Å². The molecule has 1 aliphatic rings. The first-order valence-electron chi connectivity index (χ1n) is 6.91. The Morgan fingerprint density at radius 2 is 1.67 bits per heavy atom. The maximum Gasteiger partial charge on any atom is 0.0597 e. The number of benzene rings is 1. The van der Waals surface area contributed by atoms with Crippen LogP contribution in [0.25, 0.3) is 0 Å². The molecule has 1 nitrogen and oxygen atoms in total. The topological polar surface area (TPSA) is 20.2 Å². The maximum absolute atomic E-state index is 10.4. The number of rotatable bonds is 4. The highest BCUT2D eigenvalue weighted by molar-refractivity contribution is 6.30. The SMILES string of the molecule is CC(C)C(O)C(C)C1(c2ccc(Cl)cc2)CCC1. The Hall–Kier alpha value is -0.530. The van der Waals surface area contributed by atoms with Gasteiger partial charge in [-0.1, -0.05) is 50.9 Å². The summed E-state index contributed by atoms with van der Waals surface area (Å²) < 4.78 is 0. The number of halogens is 1. The summed E-state index contributed by atoms with van der Waals surface area (Å²) in [6, 6.07) is 8.19. The molecule has 1 fully saturated rings. The van der Waals surface area contributed by atoms with E-state index >= 15 is 0 Å². The molecule has 0 amide bonds. The van der Waals surface area contributed by atoms with E-state index in [4.69, 9.17) is 11.6 Å². The highest BCUT2D eigenvalue weighted by atomic mass is 35.5. The zero-order chi connectivity index (χ0) is 13.3. The van der Waals surface area contributed by atoms with Crippen LogP contribution in [0.4, 0.5) is 0 Å². The summed E-state index contributed by atoms with van der Waals surface area (Å²) in [5.41, 5.74) is 1.50. The first-order chi connectivity index (χ1) is 8.47. The zero-order valence-corrected chi connectivity index (χ0v) is 12.2. The van der Waals surface area contributed by atoms with Crippen molar-refractivity contribution in [2.45, 2.75) is 51.6 Å². The average molecular weight is 267 g/mol. The Kier molecular flexibility index (Phi) is 4.03. The van der Waals surface area contributed by atoms with Gasteiger partial charge in [-0.05, 0) is 42.4 Å². The fourth-order valence-electron chi connectivity index (χ4n) is 3.25. The van der Waals surface area contributed by atoms with Crippen LogP contribution in [0.15, 0.2) is 24.3 Å². The van der Waals surface area contributed by atoms with E-state index < -0.39 is 0 Å². The van der Waals surface area contributed by atoms with Gasteiger partial charge in [0.15, 0.2) is 0 Å². The third-order valence-electron chi connectivity index (χ3n) is 4.73. The molecule has 0 heterocycles. The van der Waals surface area contributed by atoms with Gasteiger partial charge in [0.25, 0.3) is 0 Å². The highest BCUT2D eigenvalue weighted by Crippen LogP contribution is 2.51. The summed E-state index contributed by atoms with van der Waals surface area (Å²) in [5.74, 6) is 0.609. The van der Waals surface area contributed by atoms with Crippen LogP contribution in [-0.4, -0.2) is 11.2 Å². The van der Waals surface area contributed by atoms with E-state index in [9.17, 15) is 5.11 Å². The molecule has 2 atom stereocenters. The first kappa shape index (κ1) is 13.9. The monoisotopic (exact) mass is 266 g/mol. The van der Waals surface area contributed by atoms with Crippen molar-refractivity contribution >= 4 is 11.6 Å². The summed E-state index contributed by atoms with van der Waals surface area (Å²) >= 11 is 5.97. The second-order valence-electron chi connectivity index (χ2n) is 6.04. The van der Waals surface area contributed by atoms with Gasteiger partial charge in [-0.25, -0.2) is 0 Å². The zero-order valence-electron chi connectivity index (χ0n) is 11.5. The second-order valence-corrected chi connectivity index (χ2v) is 6.48. The Balaban J connectivity index is 2.28. The van der Waals surface area contributed by atoms with E-state index in [2.05, 4.69) is 32.9 Å². The average Bonchev–Trinajstić information content (AvgIpc) is 2.28. The number of hydrogen-bond donors (Lipinski definition) is 1. The summed E-state index contributed by atoms with van der Waals surface area (Å²) in [5, 5.41) is 11.2. The molecule has 1 aromatic carbocycles.